The highest BCUT2D eigenvalue weighted by molar-refractivity contribution is 7.84. The number of allylic oxidation sites excluding steroid dienone is 2. The van der Waals surface area contributed by atoms with Crippen LogP contribution in [0.2, 0.25) is 0 Å². The van der Waals surface area contributed by atoms with E-state index in [0.717, 1.165) is 35.1 Å². The predicted molar refractivity (Wildman–Crippen MR) is 174 cm³/mol. The summed E-state index contributed by atoms with van der Waals surface area (Å²) in [5, 5.41) is 0. The second-order valence-electron chi connectivity index (χ2n) is 8.46. The molecule has 0 fully saturated rings. The lowest BCUT2D eigenvalue weighted by Gasteiger charge is -2.25. The summed E-state index contributed by atoms with van der Waals surface area (Å²) in [6, 6.07) is 14.6. The summed E-state index contributed by atoms with van der Waals surface area (Å²) in [5.74, 6) is 1.76. The molecule has 0 heterocycles. The van der Waals surface area contributed by atoms with Gasteiger partial charge < -0.3 is 9.05 Å². The molecule has 0 radical (unpaired) electrons. The van der Waals surface area contributed by atoms with Crippen LogP contribution in [-0.2, 0) is 9.13 Å². The van der Waals surface area contributed by atoms with Crippen molar-refractivity contribution in [2.24, 2.45) is 0 Å². The summed E-state index contributed by atoms with van der Waals surface area (Å²) in [4.78, 5) is 0. The molecule has 2 aromatic carbocycles. The van der Waals surface area contributed by atoms with Gasteiger partial charge in [0.15, 0.2) is 0 Å². The van der Waals surface area contributed by atoms with E-state index in [0.29, 0.717) is 37.7 Å². The molecule has 224 valence electrons. The highest BCUT2D eigenvalue weighted by atomic mass is 35.7. The first kappa shape index (κ1) is 36.1. The lowest BCUT2D eigenvalue weighted by atomic mass is 9.91. The number of hydrogen-bond donors (Lipinski definition) is 0. The zero-order valence-corrected chi connectivity index (χ0v) is 28.7. The summed E-state index contributed by atoms with van der Waals surface area (Å²) in [6.07, 6.45) is 1.55. The van der Waals surface area contributed by atoms with Crippen LogP contribution in [0, 0.1) is 0 Å². The van der Waals surface area contributed by atoms with Gasteiger partial charge in [0.2, 0.25) is 0 Å². The van der Waals surface area contributed by atoms with E-state index in [-0.39, 0.29) is 23.5 Å². The molecule has 0 aromatic heterocycles. The van der Waals surface area contributed by atoms with Crippen molar-refractivity contribution in [3.8, 4) is 11.5 Å². The molecule has 14 heteroatoms. The average Bonchev–Trinajstić information content (AvgIpc) is 2.92. The summed E-state index contributed by atoms with van der Waals surface area (Å²) < 4.78 is 40.2. The Labute approximate surface area is 267 Å². The molecule has 0 bridgehead atoms. The second-order valence-corrected chi connectivity index (χ2v) is 15.8. The van der Waals surface area contributed by atoms with E-state index in [1.807, 2.05) is 24.3 Å². The van der Waals surface area contributed by atoms with E-state index in [1.165, 1.54) is 9.34 Å². The Morgan fingerprint density at radius 1 is 0.600 bits per heavy atom. The van der Waals surface area contributed by atoms with Crippen molar-refractivity contribution in [3.63, 3.8) is 0 Å². The lowest BCUT2D eigenvalue weighted by Crippen LogP contribution is -2.25. The quantitative estimate of drug-likeness (QED) is 0.0871. The van der Waals surface area contributed by atoms with Crippen LogP contribution in [0.25, 0.3) is 11.1 Å². The zero-order chi connectivity index (χ0) is 29.8. The van der Waals surface area contributed by atoms with Gasteiger partial charge in [-0.05, 0) is 59.4 Å². The van der Waals surface area contributed by atoms with Crippen LogP contribution in [0.1, 0.15) is 37.8 Å². The SMILES string of the molecule is CC/C(=C(/CC)c1ccc(OP(=O)(Cl)N(CCCl)CCCl)cc1)c1ccc(OP(=O)(Cl)N(CCCl)CCCl)cc1. The standard InChI is InChI=1S/C26H34Cl6N2O4P2/c1-3-25(21-5-9-23(10-6-21)37-39(31,35)33(17-13-27)18-14-28)26(4-2)22-7-11-24(12-8-22)38-40(32,36)34(19-15-29)20-16-30/h5-12H,3-4,13-20H2,1-2H3/b26-25+. The third-order valence-corrected chi connectivity index (χ3v) is 11.4. The topological polar surface area (TPSA) is 59.1 Å². The molecule has 0 aliphatic carbocycles. The van der Waals surface area contributed by atoms with Gasteiger partial charge in [-0.25, -0.2) is 18.5 Å². The van der Waals surface area contributed by atoms with E-state index in [1.54, 1.807) is 24.3 Å². The van der Waals surface area contributed by atoms with Crippen LogP contribution in [-0.4, -0.2) is 59.0 Å². The molecule has 2 unspecified atom stereocenters. The van der Waals surface area contributed by atoms with E-state index >= 15 is 0 Å². The first-order valence-electron chi connectivity index (χ1n) is 12.7. The number of rotatable bonds is 18. The maximum absolute atomic E-state index is 13.0. The monoisotopic (exact) mass is 710 g/mol. The van der Waals surface area contributed by atoms with E-state index in [2.05, 4.69) is 13.8 Å². The van der Waals surface area contributed by atoms with Crippen molar-refractivity contribution in [2.45, 2.75) is 26.7 Å². The maximum Gasteiger partial charge on any atom is 0.411 e. The first-order valence-corrected chi connectivity index (χ1v) is 19.8. The van der Waals surface area contributed by atoms with Crippen LogP contribution in [0.4, 0.5) is 0 Å². The van der Waals surface area contributed by atoms with Gasteiger partial charge in [-0.3, -0.25) is 0 Å². The zero-order valence-electron chi connectivity index (χ0n) is 22.4. The van der Waals surface area contributed by atoms with Crippen molar-refractivity contribution >= 4 is 93.8 Å². The van der Waals surface area contributed by atoms with E-state index in [4.69, 9.17) is 77.9 Å². The minimum atomic E-state index is -3.64. The Bertz CT molecular complexity index is 1080. The fourth-order valence-corrected chi connectivity index (χ4v) is 9.11. The van der Waals surface area contributed by atoms with E-state index in [9.17, 15) is 9.13 Å². The summed E-state index contributed by atoms with van der Waals surface area (Å²) in [5.41, 5.74) is 4.28. The number of halogens is 6. The normalized spacial score (nSPS) is 15.4. The molecule has 0 aliphatic rings. The number of alkyl halides is 4. The largest absolute Gasteiger partial charge is 0.422 e. The number of benzene rings is 2. The lowest BCUT2D eigenvalue weighted by molar-refractivity contribution is 0.389. The molecule has 0 saturated heterocycles. The van der Waals surface area contributed by atoms with Crippen LogP contribution >= 0.6 is 82.6 Å². The van der Waals surface area contributed by atoms with E-state index < -0.39 is 13.7 Å². The highest BCUT2D eigenvalue weighted by Gasteiger charge is 2.31. The van der Waals surface area contributed by atoms with Crippen LogP contribution < -0.4 is 9.05 Å². The van der Waals surface area contributed by atoms with Crippen LogP contribution in [0.15, 0.2) is 48.5 Å². The third kappa shape index (κ3) is 10.6. The Morgan fingerprint density at radius 3 is 1.10 bits per heavy atom. The Hall–Kier alpha value is -0.100. The molecule has 0 saturated carbocycles. The van der Waals surface area contributed by atoms with Gasteiger partial charge in [0.05, 0.1) is 0 Å². The highest BCUT2D eigenvalue weighted by Crippen LogP contribution is 2.56. The van der Waals surface area contributed by atoms with Crippen molar-refractivity contribution < 1.29 is 18.2 Å². The van der Waals surface area contributed by atoms with Gasteiger partial charge >= 0.3 is 13.7 Å². The smallest absolute Gasteiger partial charge is 0.411 e. The second kappa shape index (κ2) is 17.9. The Balaban J connectivity index is 2.28. The van der Waals surface area contributed by atoms with Gasteiger partial charge in [-0.2, -0.15) is 0 Å². The minimum absolute atomic E-state index is 0.249. The Kier molecular flexibility index (Phi) is 16.1. The minimum Gasteiger partial charge on any atom is -0.422 e. The number of nitrogens with zero attached hydrogens (tertiary/aromatic N) is 2. The fourth-order valence-electron chi connectivity index (χ4n) is 4.08. The molecule has 6 nitrogen and oxygen atoms in total. The molecular weight excluding hydrogens is 679 g/mol. The van der Waals surface area contributed by atoms with Crippen molar-refractivity contribution in [1.29, 1.82) is 0 Å². The molecule has 0 spiro atoms. The molecule has 40 heavy (non-hydrogen) atoms. The molecule has 0 N–H and O–H groups in total. The van der Waals surface area contributed by atoms with Gasteiger partial charge in [-0.15, -0.1) is 46.4 Å². The molecule has 0 aliphatic heterocycles. The molecular formula is C26H34Cl6N2O4P2. The Morgan fingerprint density at radius 2 is 0.875 bits per heavy atom. The van der Waals surface area contributed by atoms with Crippen molar-refractivity contribution in [2.75, 3.05) is 49.7 Å². The molecule has 2 atom stereocenters. The number of hydrogen-bond acceptors (Lipinski definition) is 4. The van der Waals surface area contributed by atoms with Crippen LogP contribution in [0.5, 0.6) is 11.5 Å². The average molecular weight is 713 g/mol. The summed E-state index contributed by atoms with van der Waals surface area (Å²) >= 11 is 35.8. The maximum atomic E-state index is 13.0. The van der Waals surface area contributed by atoms with Gasteiger partial charge in [0.1, 0.15) is 11.5 Å². The molecule has 0 amide bonds. The predicted octanol–water partition coefficient (Wildman–Crippen LogP) is 10.4. The first-order chi connectivity index (χ1) is 19.1. The summed E-state index contributed by atoms with van der Waals surface area (Å²) in [6.45, 7) is -1.94. The molecule has 2 aromatic rings. The summed E-state index contributed by atoms with van der Waals surface area (Å²) in [7, 11) is 0. The van der Waals surface area contributed by atoms with Crippen LogP contribution in [0.3, 0.4) is 0 Å². The fraction of sp³-hybridized carbons (Fsp3) is 0.462. The van der Waals surface area contributed by atoms with Gasteiger partial charge in [0.25, 0.3) is 0 Å². The van der Waals surface area contributed by atoms with Gasteiger partial charge in [0, 0.05) is 72.2 Å². The van der Waals surface area contributed by atoms with Gasteiger partial charge in [-0.1, -0.05) is 38.1 Å². The molecule has 2 rings (SSSR count). The third-order valence-electron chi connectivity index (χ3n) is 5.96. The van der Waals surface area contributed by atoms with Crippen molar-refractivity contribution in [3.05, 3.63) is 59.7 Å². The van der Waals surface area contributed by atoms with Crippen molar-refractivity contribution in [1.82, 2.24) is 9.34 Å².